The van der Waals surface area contributed by atoms with E-state index in [0.29, 0.717) is 23.7 Å². The molecular formula is C14H21ClN4O2. The predicted octanol–water partition coefficient (Wildman–Crippen LogP) is 2.34. The van der Waals surface area contributed by atoms with Gasteiger partial charge in [0, 0.05) is 18.2 Å². The number of aromatic amines is 1. The fourth-order valence-corrected chi connectivity index (χ4v) is 1.84. The summed E-state index contributed by atoms with van der Waals surface area (Å²) in [7, 11) is 0. The van der Waals surface area contributed by atoms with Crippen molar-refractivity contribution in [3.63, 3.8) is 0 Å². The van der Waals surface area contributed by atoms with Crippen molar-refractivity contribution in [2.24, 2.45) is 5.73 Å². The Morgan fingerprint density at radius 1 is 1.48 bits per heavy atom. The number of hydrogen-bond acceptors (Lipinski definition) is 4. The summed E-state index contributed by atoms with van der Waals surface area (Å²) in [4.78, 5) is 12.0. The number of furan rings is 1. The molecule has 2 aromatic heterocycles. The molecule has 2 rings (SSSR count). The Labute approximate surface area is 129 Å². The van der Waals surface area contributed by atoms with E-state index in [1.807, 2.05) is 13.8 Å². The number of nitrogens with two attached hydrogens (primary N) is 1. The number of nitrogens with zero attached hydrogens (tertiary/aromatic N) is 1. The van der Waals surface area contributed by atoms with E-state index in [1.165, 1.54) is 0 Å². The second-order valence-corrected chi connectivity index (χ2v) is 4.90. The highest BCUT2D eigenvalue weighted by Crippen LogP contribution is 2.17. The average molecular weight is 313 g/mol. The first-order valence-corrected chi connectivity index (χ1v) is 6.74. The molecule has 0 unspecified atom stereocenters. The lowest BCUT2D eigenvalue weighted by atomic mass is 9.94. The highest BCUT2D eigenvalue weighted by atomic mass is 35.5. The summed E-state index contributed by atoms with van der Waals surface area (Å²) in [6.45, 7) is 4.46. The van der Waals surface area contributed by atoms with E-state index in [9.17, 15) is 4.79 Å². The number of carbonyl (C=O) groups is 1. The van der Waals surface area contributed by atoms with Gasteiger partial charge in [-0.15, -0.1) is 12.4 Å². The van der Waals surface area contributed by atoms with Crippen molar-refractivity contribution in [2.45, 2.75) is 32.2 Å². The molecule has 0 saturated carbocycles. The second-order valence-electron chi connectivity index (χ2n) is 4.90. The van der Waals surface area contributed by atoms with Crippen LogP contribution in [0.3, 0.4) is 0 Å². The van der Waals surface area contributed by atoms with Crippen molar-refractivity contribution < 1.29 is 9.21 Å². The Hall–Kier alpha value is -1.79. The molecule has 0 aliphatic heterocycles. The van der Waals surface area contributed by atoms with Crippen LogP contribution in [0.1, 0.15) is 37.2 Å². The number of amides is 1. The van der Waals surface area contributed by atoms with Crippen LogP contribution in [0.4, 0.5) is 0 Å². The molecule has 0 bridgehead atoms. The van der Waals surface area contributed by atoms with Crippen LogP contribution in [0.15, 0.2) is 28.9 Å². The lowest BCUT2D eigenvalue weighted by molar-refractivity contribution is 0.0937. The lowest BCUT2D eigenvalue weighted by Crippen LogP contribution is -2.49. The van der Waals surface area contributed by atoms with Crippen molar-refractivity contribution in [1.82, 2.24) is 15.5 Å². The number of halogens is 1. The molecule has 21 heavy (non-hydrogen) atoms. The summed E-state index contributed by atoms with van der Waals surface area (Å²) in [6.07, 6.45) is 3.19. The Morgan fingerprint density at radius 2 is 2.19 bits per heavy atom. The molecule has 0 fully saturated rings. The summed E-state index contributed by atoms with van der Waals surface area (Å²) in [6, 6.07) is 5.24. The van der Waals surface area contributed by atoms with E-state index in [4.69, 9.17) is 10.2 Å². The maximum atomic E-state index is 12.0. The Kier molecular flexibility index (Phi) is 5.99. The van der Waals surface area contributed by atoms with E-state index >= 15 is 0 Å². The first kappa shape index (κ1) is 17.3. The molecule has 2 heterocycles. The summed E-state index contributed by atoms with van der Waals surface area (Å²) < 4.78 is 5.24. The Balaban J connectivity index is 0.00000220. The van der Waals surface area contributed by atoms with Gasteiger partial charge in [0.05, 0.1) is 6.26 Å². The van der Waals surface area contributed by atoms with E-state index in [-0.39, 0.29) is 23.9 Å². The number of H-pyrrole nitrogens is 1. The molecule has 0 atom stereocenters. The minimum Gasteiger partial charge on any atom is -0.463 e. The van der Waals surface area contributed by atoms with Crippen molar-refractivity contribution in [3.05, 3.63) is 30.2 Å². The number of hydrogen-bond donors (Lipinski definition) is 3. The molecule has 0 saturated heterocycles. The second kappa shape index (κ2) is 7.28. The maximum Gasteiger partial charge on any atom is 0.271 e. The first-order chi connectivity index (χ1) is 9.58. The van der Waals surface area contributed by atoms with E-state index in [2.05, 4.69) is 15.5 Å². The molecule has 4 N–H and O–H groups in total. The molecule has 2 aromatic rings. The molecule has 1 amide bonds. The average Bonchev–Trinajstić information content (AvgIpc) is 3.14. The largest absolute Gasteiger partial charge is 0.463 e. The molecule has 0 aromatic carbocycles. The van der Waals surface area contributed by atoms with Gasteiger partial charge in [-0.3, -0.25) is 9.89 Å². The van der Waals surface area contributed by atoms with Gasteiger partial charge in [-0.2, -0.15) is 5.10 Å². The molecule has 116 valence electrons. The molecule has 0 radical (unpaired) electrons. The third-order valence-electron chi connectivity index (χ3n) is 3.61. The van der Waals surface area contributed by atoms with Gasteiger partial charge in [0.1, 0.15) is 5.69 Å². The molecule has 0 spiro atoms. The highest BCUT2D eigenvalue weighted by Gasteiger charge is 2.22. The monoisotopic (exact) mass is 312 g/mol. The van der Waals surface area contributed by atoms with Crippen molar-refractivity contribution in [3.8, 4) is 11.5 Å². The zero-order chi connectivity index (χ0) is 14.6. The lowest BCUT2D eigenvalue weighted by Gasteiger charge is -2.26. The van der Waals surface area contributed by atoms with Crippen LogP contribution in [0.2, 0.25) is 0 Å². The van der Waals surface area contributed by atoms with Crippen LogP contribution in [-0.2, 0) is 0 Å². The van der Waals surface area contributed by atoms with Crippen molar-refractivity contribution in [2.75, 3.05) is 6.54 Å². The van der Waals surface area contributed by atoms with Gasteiger partial charge in [-0.05, 0) is 25.0 Å². The van der Waals surface area contributed by atoms with Crippen LogP contribution >= 0.6 is 12.4 Å². The van der Waals surface area contributed by atoms with E-state index in [1.54, 1.807) is 24.5 Å². The topological polar surface area (TPSA) is 96.9 Å². The van der Waals surface area contributed by atoms with Crippen LogP contribution in [-0.4, -0.2) is 28.2 Å². The SMILES string of the molecule is CCC(N)(CC)CNC(=O)c1cc(-c2ccco2)[nH]n1.Cl. The number of rotatable bonds is 6. The van der Waals surface area contributed by atoms with Crippen molar-refractivity contribution >= 4 is 18.3 Å². The highest BCUT2D eigenvalue weighted by molar-refractivity contribution is 5.93. The molecule has 7 heteroatoms. The third-order valence-corrected chi connectivity index (χ3v) is 3.61. The number of carbonyl (C=O) groups excluding carboxylic acids is 1. The van der Waals surface area contributed by atoms with Crippen LogP contribution in [0, 0.1) is 0 Å². The van der Waals surface area contributed by atoms with Gasteiger partial charge in [0.2, 0.25) is 0 Å². The van der Waals surface area contributed by atoms with Crippen LogP contribution < -0.4 is 11.1 Å². The van der Waals surface area contributed by atoms with Gasteiger partial charge >= 0.3 is 0 Å². The zero-order valence-corrected chi connectivity index (χ0v) is 13.0. The fourth-order valence-electron chi connectivity index (χ4n) is 1.84. The smallest absolute Gasteiger partial charge is 0.271 e. The summed E-state index contributed by atoms with van der Waals surface area (Å²) >= 11 is 0. The van der Waals surface area contributed by atoms with Gasteiger partial charge in [0.25, 0.3) is 5.91 Å². The minimum absolute atomic E-state index is 0. The minimum atomic E-state index is -0.365. The quantitative estimate of drug-likeness (QED) is 0.762. The first-order valence-electron chi connectivity index (χ1n) is 6.74. The van der Waals surface area contributed by atoms with Crippen molar-refractivity contribution in [1.29, 1.82) is 0 Å². The summed E-state index contributed by atoms with van der Waals surface area (Å²) in [5.74, 6) is 0.405. The molecule has 6 nitrogen and oxygen atoms in total. The van der Waals surface area contributed by atoms with Gasteiger partial charge in [-0.1, -0.05) is 13.8 Å². The van der Waals surface area contributed by atoms with Gasteiger partial charge in [-0.25, -0.2) is 0 Å². The number of aromatic nitrogens is 2. The zero-order valence-electron chi connectivity index (χ0n) is 12.2. The van der Waals surface area contributed by atoms with Crippen LogP contribution in [0.5, 0.6) is 0 Å². The fraction of sp³-hybridized carbons (Fsp3) is 0.429. The summed E-state index contributed by atoms with van der Waals surface area (Å²) in [5, 5.41) is 9.59. The number of nitrogens with one attached hydrogen (secondary N) is 2. The molecule has 0 aliphatic rings. The molecular weight excluding hydrogens is 292 g/mol. The normalized spacial score (nSPS) is 11.0. The predicted molar refractivity (Wildman–Crippen MR) is 83.4 cm³/mol. The van der Waals surface area contributed by atoms with Crippen LogP contribution in [0.25, 0.3) is 11.5 Å². The standard InChI is InChI=1S/C14H20N4O2.ClH/c1-3-14(15,4-2)9-16-13(19)11-8-10(17-18-11)12-6-5-7-20-12;/h5-8H,3-4,9,15H2,1-2H3,(H,16,19)(H,17,18);1H. The van der Waals surface area contributed by atoms with Gasteiger partial charge in [0.15, 0.2) is 11.5 Å². The maximum absolute atomic E-state index is 12.0. The summed E-state index contributed by atoms with van der Waals surface area (Å²) in [5.41, 5.74) is 6.78. The Bertz CT molecular complexity index is 561. The van der Waals surface area contributed by atoms with Gasteiger partial charge < -0.3 is 15.5 Å². The van der Waals surface area contributed by atoms with E-state index < -0.39 is 0 Å². The molecule has 0 aliphatic carbocycles. The third kappa shape index (κ3) is 4.09. The van der Waals surface area contributed by atoms with E-state index in [0.717, 1.165) is 12.8 Å². The Morgan fingerprint density at radius 3 is 2.76 bits per heavy atom.